The first kappa shape index (κ1) is 18.9. The zero-order valence-electron chi connectivity index (χ0n) is 15.3. The average molecular weight is 378 g/mol. The summed E-state index contributed by atoms with van der Waals surface area (Å²) in [5.41, 5.74) is 1.28. The Bertz CT molecular complexity index is 1020. The number of methoxy groups -OCH3 is 1. The maximum Gasteiger partial charge on any atom is 0.339 e. The number of rotatable bonds is 7. The van der Waals surface area contributed by atoms with E-state index in [2.05, 4.69) is 9.97 Å². The molecule has 0 bridgehead atoms. The summed E-state index contributed by atoms with van der Waals surface area (Å²) < 4.78 is 16.5. The molecule has 7 heteroatoms. The van der Waals surface area contributed by atoms with Crippen molar-refractivity contribution in [1.82, 2.24) is 9.97 Å². The van der Waals surface area contributed by atoms with Gasteiger partial charge < -0.3 is 19.3 Å². The Balaban J connectivity index is 1.88. The van der Waals surface area contributed by atoms with Crippen molar-refractivity contribution >= 4 is 11.5 Å². The summed E-state index contributed by atoms with van der Waals surface area (Å²) >= 11 is 0. The Morgan fingerprint density at radius 2 is 1.57 bits per heavy atom. The van der Waals surface area contributed by atoms with Gasteiger partial charge in [0, 0.05) is 5.56 Å². The van der Waals surface area contributed by atoms with Gasteiger partial charge in [0.05, 0.1) is 19.4 Å². The van der Waals surface area contributed by atoms with Crippen molar-refractivity contribution in [3.05, 3.63) is 78.3 Å². The summed E-state index contributed by atoms with van der Waals surface area (Å²) in [5.74, 6) is 0.373. The summed E-state index contributed by atoms with van der Waals surface area (Å²) in [6, 6.07) is 15.8. The molecule has 0 unspecified atom stereocenters. The van der Waals surface area contributed by atoms with Crippen LogP contribution in [0, 0.1) is 6.92 Å². The van der Waals surface area contributed by atoms with E-state index in [9.17, 15) is 9.90 Å². The minimum absolute atomic E-state index is 0.0384. The first-order chi connectivity index (χ1) is 13.6. The number of benzene rings is 2. The fourth-order valence-corrected chi connectivity index (χ4v) is 2.46. The molecular formula is C21H18N2O5. The van der Waals surface area contributed by atoms with Crippen LogP contribution in [0.3, 0.4) is 0 Å². The number of hydrogen-bond donors (Lipinski definition) is 1. The van der Waals surface area contributed by atoms with Crippen molar-refractivity contribution < 1.29 is 24.1 Å². The van der Waals surface area contributed by atoms with Crippen LogP contribution in [-0.2, 0) is 9.53 Å². The highest BCUT2D eigenvalue weighted by Crippen LogP contribution is 2.31. The van der Waals surface area contributed by atoms with E-state index < -0.39 is 5.97 Å². The summed E-state index contributed by atoms with van der Waals surface area (Å²) in [6.07, 6.45) is 2.46. The highest BCUT2D eigenvalue weighted by atomic mass is 16.5. The molecule has 2 aromatic carbocycles. The molecule has 0 fully saturated rings. The van der Waals surface area contributed by atoms with E-state index in [0.29, 0.717) is 22.9 Å². The number of aromatic nitrogens is 2. The molecule has 3 aromatic rings. The van der Waals surface area contributed by atoms with Gasteiger partial charge in [0.25, 0.3) is 0 Å². The molecule has 0 aliphatic rings. The normalized spacial score (nSPS) is 11.0. The molecule has 1 N–H and O–H groups in total. The summed E-state index contributed by atoms with van der Waals surface area (Å²) in [7, 11) is 1.38. The van der Waals surface area contributed by atoms with Gasteiger partial charge >= 0.3 is 5.97 Å². The van der Waals surface area contributed by atoms with Gasteiger partial charge in [-0.3, -0.25) is 0 Å². The average Bonchev–Trinajstić information content (AvgIpc) is 2.69. The Hall–Kier alpha value is -3.87. The van der Waals surface area contributed by atoms with E-state index in [0.717, 1.165) is 11.8 Å². The van der Waals surface area contributed by atoms with Crippen LogP contribution in [0.4, 0.5) is 0 Å². The minimum atomic E-state index is -1.14. The largest absolute Gasteiger partial charge is 0.503 e. The van der Waals surface area contributed by atoms with Crippen LogP contribution >= 0.6 is 0 Å². The fraction of sp³-hybridized carbons (Fsp3) is 0.0952. The number of para-hydroxylation sites is 2. The third-order valence-corrected chi connectivity index (χ3v) is 3.78. The Morgan fingerprint density at radius 1 is 0.964 bits per heavy atom. The van der Waals surface area contributed by atoms with Crippen LogP contribution in [0.5, 0.6) is 23.3 Å². The SMILES string of the molecule is COC=C(C(=O)O)c1ccccc1Oc1cc(Oc2ccccc2C)ncn1. The molecule has 1 heterocycles. The summed E-state index contributed by atoms with van der Waals surface area (Å²) in [4.78, 5) is 19.7. The quantitative estimate of drug-likeness (QED) is 0.480. The van der Waals surface area contributed by atoms with Gasteiger partial charge in [-0.15, -0.1) is 0 Å². The monoisotopic (exact) mass is 378 g/mol. The second kappa shape index (κ2) is 8.68. The lowest BCUT2D eigenvalue weighted by Gasteiger charge is -2.12. The van der Waals surface area contributed by atoms with Gasteiger partial charge in [-0.1, -0.05) is 36.4 Å². The molecule has 0 saturated carbocycles. The Kier molecular flexibility index (Phi) is 5.86. The van der Waals surface area contributed by atoms with E-state index >= 15 is 0 Å². The van der Waals surface area contributed by atoms with Gasteiger partial charge in [-0.2, -0.15) is 0 Å². The number of hydrogen-bond acceptors (Lipinski definition) is 6. The summed E-state index contributed by atoms with van der Waals surface area (Å²) in [5, 5.41) is 9.43. The lowest BCUT2D eigenvalue weighted by Crippen LogP contribution is -2.02. The Morgan fingerprint density at radius 3 is 2.21 bits per heavy atom. The van der Waals surface area contributed by atoms with E-state index in [1.165, 1.54) is 19.5 Å². The molecule has 3 rings (SSSR count). The zero-order chi connectivity index (χ0) is 19.9. The molecular weight excluding hydrogens is 360 g/mol. The number of carbonyl (C=O) groups is 1. The van der Waals surface area contributed by atoms with Crippen LogP contribution in [0.25, 0.3) is 5.57 Å². The molecule has 1 aromatic heterocycles. The van der Waals surface area contributed by atoms with Gasteiger partial charge in [-0.05, 0) is 24.6 Å². The van der Waals surface area contributed by atoms with Gasteiger partial charge in [0.1, 0.15) is 23.4 Å². The van der Waals surface area contributed by atoms with Crippen LogP contribution in [0.2, 0.25) is 0 Å². The van der Waals surface area contributed by atoms with Crippen LogP contribution < -0.4 is 9.47 Å². The second-order valence-corrected chi connectivity index (χ2v) is 5.73. The Labute approximate surface area is 161 Å². The predicted octanol–water partition coefficient (Wildman–Crippen LogP) is 4.44. The number of aliphatic carboxylic acids is 1. The maximum absolute atomic E-state index is 11.5. The number of carboxylic acid groups (broad SMARTS) is 1. The molecule has 0 radical (unpaired) electrons. The maximum atomic E-state index is 11.5. The molecule has 0 aliphatic heterocycles. The fourth-order valence-electron chi connectivity index (χ4n) is 2.46. The molecule has 0 saturated heterocycles. The lowest BCUT2D eigenvalue weighted by atomic mass is 10.1. The molecule has 0 atom stereocenters. The molecule has 7 nitrogen and oxygen atoms in total. The lowest BCUT2D eigenvalue weighted by molar-refractivity contribution is -0.130. The number of nitrogens with zero attached hydrogens (tertiary/aromatic N) is 2. The molecule has 0 aliphatic carbocycles. The molecule has 0 spiro atoms. The van der Waals surface area contributed by atoms with Crippen molar-refractivity contribution in [2.75, 3.05) is 7.11 Å². The van der Waals surface area contributed by atoms with Gasteiger partial charge in [0.15, 0.2) is 0 Å². The minimum Gasteiger partial charge on any atom is -0.503 e. The van der Waals surface area contributed by atoms with Crippen molar-refractivity contribution in [2.24, 2.45) is 0 Å². The van der Waals surface area contributed by atoms with Gasteiger partial charge in [-0.25, -0.2) is 14.8 Å². The third-order valence-electron chi connectivity index (χ3n) is 3.78. The third kappa shape index (κ3) is 4.45. The first-order valence-electron chi connectivity index (χ1n) is 8.37. The second-order valence-electron chi connectivity index (χ2n) is 5.73. The number of aryl methyl sites for hydroxylation is 1. The van der Waals surface area contributed by atoms with E-state index in [1.807, 2.05) is 31.2 Å². The highest BCUT2D eigenvalue weighted by Gasteiger charge is 2.17. The predicted molar refractivity (Wildman–Crippen MR) is 102 cm³/mol. The highest BCUT2D eigenvalue weighted by molar-refractivity contribution is 6.15. The van der Waals surface area contributed by atoms with Gasteiger partial charge in [0.2, 0.25) is 11.8 Å². The number of carboxylic acids is 1. The molecule has 28 heavy (non-hydrogen) atoms. The summed E-state index contributed by atoms with van der Waals surface area (Å²) in [6.45, 7) is 1.93. The standard InChI is InChI=1S/C21H18N2O5/c1-14-7-3-5-9-17(14)27-19-11-20(23-13-22-19)28-18-10-6-4-8-15(18)16(12-26-2)21(24)25/h3-13H,1-2H3,(H,24,25). The smallest absolute Gasteiger partial charge is 0.339 e. The van der Waals surface area contributed by atoms with Crippen LogP contribution in [0.15, 0.2) is 67.2 Å². The van der Waals surface area contributed by atoms with E-state index in [1.54, 1.807) is 24.3 Å². The van der Waals surface area contributed by atoms with E-state index in [-0.39, 0.29) is 11.5 Å². The van der Waals surface area contributed by atoms with Crippen molar-refractivity contribution in [2.45, 2.75) is 6.92 Å². The zero-order valence-corrected chi connectivity index (χ0v) is 15.3. The van der Waals surface area contributed by atoms with Crippen LogP contribution in [-0.4, -0.2) is 28.2 Å². The van der Waals surface area contributed by atoms with E-state index in [4.69, 9.17) is 14.2 Å². The molecule has 142 valence electrons. The van der Waals surface area contributed by atoms with Crippen LogP contribution in [0.1, 0.15) is 11.1 Å². The van der Waals surface area contributed by atoms with Crippen molar-refractivity contribution in [3.8, 4) is 23.3 Å². The van der Waals surface area contributed by atoms with Crippen molar-refractivity contribution in [3.63, 3.8) is 0 Å². The van der Waals surface area contributed by atoms with Crippen molar-refractivity contribution in [1.29, 1.82) is 0 Å². The first-order valence-corrected chi connectivity index (χ1v) is 8.37. The topological polar surface area (TPSA) is 90.8 Å². The number of ether oxygens (including phenoxy) is 3. The molecule has 0 amide bonds.